The van der Waals surface area contributed by atoms with Gasteiger partial charge in [-0.25, -0.2) is 9.37 Å². The third-order valence-electron chi connectivity index (χ3n) is 2.94. The highest BCUT2D eigenvalue weighted by molar-refractivity contribution is 5.76. The lowest BCUT2D eigenvalue weighted by atomic mass is 10.2. The summed E-state index contributed by atoms with van der Waals surface area (Å²) in [4.78, 5) is 4.50. The highest BCUT2D eigenvalue weighted by Gasteiger charge is 2.09. The van der Waals surface area contributed by atoms with E-state index in [4.69, 9.17) is 0 Å². The molecule has 0 radical (unpaired) electrons. The van der Waals surface area contributed by atoms with E-state index in [0.29, 0.717) is 5.92 Å². The number of hydrogen-bond acceptors (Lipinski definition) is 2. The summed E-state index contributed by atoms with van der Waals surface area (Å²) in [5, 5.41) is 3.37. The minimum absolute atomic E-state index is 0.232. The lowest BCUT2D eigenvalue weighted by molar-refractivity contribution is 0.533. The summed E-state index contributed by atoms with van der Waals surface area (Å²) in [6, 6.07) is 4.78. The van der Waals surface area contributed by atoms with E-state index in [0.717, 1.165) is 36.5 Å². The monoisotopic (exact) mass is 249 g/mol. The van der Waals surface area contributed by atoms with Gasteiger partial charge in [0, 0.05) is 12.6 Å². The fourth-order valence-electron chi connectivity index (χ4n) is 2.11. The maximum Gasteiger partial charge on any atom is 0.125 e. The summed E-state index contributed by atoms with van der Waals surface area (Å²) in [5.74, 6) is 1.35. The Morgan fingerprint density at radius 2 is 2.17 bits per heavy atom. The Labute approximate surface area is 107 Å². The number of hydrogen-bond donors (Lipinski definition) is 1. The summed E-state index contributed by atoms with van der Waals surface area (Å²) in [5.41, 5.74) is 1.73. The van der Waals surface area contributed by atoms with Gasteiger partial charge in [-0.05, 0) is 31.5 Å². The van der Waals surface area contributed by atoms with E-state index in [9.17, 15) is 4.39 Å². The van der Waals surface area contributed by atoms with Gasteiger partial charge in [0.05, 0.1) is 17.6 Å². The molecule has 0 saturated carbocycles. The average Bonchev–Trinajstić information content (AvgIpc) is 2.65. The van der Waals surface area contributed by atoms with Gasteiger partial charge in [0.1, 0.15) is 11.6 Å². The molecule has 18 heavy (non-hydrogen) atoms. The Bertz CT molecular complexity index is 531. The number of imidazole rings is 1. The number of nitrogens with zero attached hydrogens (tertiary/aromatic N) is 2. The van der Waals surface area contributed by atoms with Crippen LogP contribution >= 0.6 is 0 Å². The van der Waals surface area contributed by atoms with Gasteiger partial charge in [-0.2, -0.15) is 0 Å². The van der Waals surface area contributed by atoms with Gasteiger partial charge in [0.25, 0.3) is 0 Å². The first kappa shape index (κ1) is 13.0. The maximum absolute atomic E-state index is 13.2. The van der Waals surface area contributed by atoms with Crippen molar-refractivity contribution in [1.29, 1.82) is 0 Å². The van der Waals surface area contributed by atoms with Crippen molar-refractivity contribution in [3.8, 4) is 0 Å². The van der Waals surface area contributed by atoms with Crippen LogP contribution in [0.1, 0.15) is 26.6 Å². The lowest BCUT2D eigenvalue weighted by Crippen LogP contribution is -2.21. The summed E-state index contributed by atoms with van der Waals surface area (Å²) in [6.07, 6.45) is 0. The van der Waals surface area contributed by atoms with E-state index in [1.54, 1.807) is 6.07 Å². The molecule has 2 aromatic rings. The number of aromatic nitrogens is 2. The molecule has 0 spiro atoms. The molecule has 2 rings (SSSR count). The van der Waals surface area contributed by atoms with E-state index in [2.05, 4.69) is 35.6 Å². The molecule has 98 valence electrons. The zero-order chi connectivity index (χ0) is 13.1. The van der Waals surface area contributed by atoms with Gasteiger partial charge < -0.3 is 9.88 Å². The molecule has 0 unspecified atom stereocenters. The second-order valence-electron chi connectivity index (χ2n) is 4.93. The highest BCUT2D eigenvalue weighted by Crippen LogP contribution is 2.17. The highest BCUT2D eigenvalue weighted by atomic mass is 19.1. The van der Waals surface area contributed by atoms with Gasteiger partial charge in [0.2, 0.25) is 0 Å². The zero-order valence-electron chi connectivity index (χ0n) is 11.2. The fraction of sp³-hybridized carbons (Fsp3) is 0.500. The smallest absolute Gasteiger partial charge is 0.125 e. The van der Waals surface area contributed by atoms with Crippen molar-refractivity contribution in [2.75, 3.05) is 6.54 Å². The van der Waals surface area contributed by atoms with Gasteiger partial charge in [-0.1, -0.05) is 13.8 Å². The van der Waals surface area contributed by atoms with Crippen LogP contribution in [0.3, 0.4) is 0 Å². The van der Waals surface area contributed by atoms with Crippen LogP contribution in [0.15, 0.2) is 18.2 Å². The second kappa shape index (κ2) is 5.48. The van der Waals surface area contributed by atoms with Crippen LogP contribution < -0.4 is 5.32 Å². The Morgan fingerprint density at radius 3 is 2.83 bits per heavy atom. The number of rotatable bonds is 5. The number of fused-ring (bicyclic) bond motifs is 1. The average molecular weight is 249 g/mol. The second-order valence-corrected chi connectivity index (χ2v) is 4.93. The molecule has 0 aliphatic rings. The molecular weight excluding hydrogens is 229 g/mol. The molecule has 3 nitrogen and oxygen atoms in total. The van der Waals surface area contributed by atoms with Crippen molar-refractivity contribution in [3.63, 3.8) is 0 Å². The maximum atomic E-state index is 13.2. The Hall–Kier alpha value is -1.42. The number of nitrogens with one attached hydrogen (secondary N) is 1. The SMILES string of the molecule is CCn1c(CNCC(C)C)nc2cc(F)ccc21. The van der Waals surface area contributed by atoms with Crippen molar-refractivity contribution in [3.05, 3.63) is 29.8 Å². The largest absolute Gasteiger partial charge is 0.327 e. The van der Waals surface area contributed by atoms with Crippen LogP contribution in [0.2, 0.25) is 0 Å². The molecular formula is C14H20FN3. The molecule has 0 aliphatic carbocycles. The van der Waals surface area contributed by atoms with Crippen molar-refractivity contribution < 1.29 is 4.39 Å². The topological polar surface area (TPSA) is 29.9 Å². The molecule has 4 heteroatoms. The predicted molar refractivity (Wildman–Crippen MR) is 71.9 cm³/mol. The standard InChI is InChI=1S/C14H20FN3/c1-4-18-13-6-5-11(15)7-12(13)17-14(18)9-16-8-10(2)3/h5-7,10,16H,4,8-9H2,1-3H3. The van der Waals surface area contributed by atoms with E-state index < -0.39 is 0 Å². The number of halogens is 1. The lowest BCUT2D eigenvalue weighted by Gasteiger charge is -2.09. The van der Waals surface area contributed by atoms with Gasteiger partial charge in [0.15, 0.2) is 0 Å². The van der Waals surface area contributed by atoms with Crippen molar-refractivity contribution in [1.82, 2.24) is 14.9 Å². The molecule has 0 atom stereocenters. The summed E-state index contributed by atoms with van der Waals surface area (Å²) < 4.78 is 15.3. The van der Waals surface area contributed by atoms with Crippen LogP contribution in [-0.2, 0) is 13.1 Å². The van der Waals surface area contributed by atoms with E-state index in [1.165, 1.54) is 12.1 Å². The molecule has 0 aliphatic heterocycles. The van der Waals surface area contributed by atoms with Crippen molar-refractivity contribution in [2.24, 2.45) is 5.92 Å². The summed E-state index contributed by atoms with van der Waals surface area (Å²) >= 11 is 0. The molecule has 0 bridgehead atoms. The minimum atomic E-state index is -0.232. The number of benzene rings is 1. The minimum Gasteiger partial charge on any atom is -0.327 e. The molecule has 1 heterocycles. The van der Waals surface area contributed by atoms with Crippen LogP contribution in [0.25, 0.3) is 11.0 Å². The molecule has 0 saturated heterocycles. The zero-order valence-corrected chi connectivity index (χ0v) is 11.2. The predicted octanol–water partition coefficient (Wildman–Crippen LogP) is 2.94. The third kappa shape index (κ3) is 2.70. The van der Waals surface area contributed by atoms with E-state index in [-0.39, 0.29) is 5.82 Å². The van der Waals surface area contributed by atoms with Crippen LogP contribution in [-0.4, -0.2) is 16.1 Å². The molecule has 0 amide bonds. The number of aryl methyl sites for hydroxylation is 1. The van der Waals surface area contributed by atoms with Crippen LogP contribution in [0, 0.1) is 11.7 Å². The van der Waals surface area contributed by atoms with Gasteiger partial charge in [-0.15, -0.1) is 0 Å². The normalized spacial score (nSPS) is 11.6. The Kier molecular flexibility index (Phi) is 3.97. The van der Waals surface area contributed by atoms with Crippen LogP contribution in [0.5, 0.6) is 0 Å². The summed E-state index contributed by atoms with van der Waals surface area (Å²) in [7, 11) is 0. The third-order valence-corrected chi connectivity index (χ3v) is 2.94. The van der Waals surface area contributed by atoms with Gasteiger partial charge in [-0.3, -0.25) is 0 Å². The molecule has 1 aromatic carbocycles. The first-order valence-electron chi connectivity index (χ1n) is 6.47. The van der Waals surface area contributed by atoms with Crippen LogP contribution in [0.4, 0.5) is 4.39 Å². The quantitative estimate of drug-likeness (QED) is 0.883. The fourth-order valence-corrected chi connectivity index (χ4v) is 2.11. The van der Waals surface area contributed by atoms with E-state index >= 15 is 0 Å². The Morgan fingerprint density at radius 1 is 1.39 bits per heavy atom. The van der Waals surface area contributed by atoms with Gasteiger partial charge >= 0.3 is 0 Å². The van der Waals surface area contributed by atoms with Crippen molar-refractivity contribution in [2.45, 2.75) is 33.9 Å². The molecule has 1 N–H and O–H groups in total. The first-order valence-corrected chi connectivity index (χ1v) is 6.47. The molecule has 0 fully saturated rings. The van der Waals surface area contributed by atoms with Crippen molar-refractivity contribution >= 4 is 11.0 Å². The Balaban J connectivity index is 2.26. The first-order chi connectivity index (χ1) is 8.61. The van der Waals surface area contributed by atoms with E-state index in [1.807, 2.05) is 0 Å². The summed E-state index contributed by atoms with van der Waals surface area (Å²) in [6.45, 7) is 8.96. The molecule has 1 aromatic heterocycles.